The maximum Gasteiger partial charge on any atom is 0.317 e. The van der Waals surface area contributed by atoms with Gasteiger partial charge < -0.3 is 24.4 Å². The average Bonchev–Trinajstić information content (AvgIpc) is 3.47. The van der Waals surface area contributed by atoms with Crippen LogP contribution in [0.15, 0.2) is 48.5 Å². The van der Waals surface area contributed by atoms with E-state index in [0.717, 1.165) is 36.4 Å². The third-order valence-corrected chi connectivity index (χ3v) is 6.23. The summed E-state index contributed by atoms with van der Waals surface area (Å²) in [6.45, 7) is 7.33. The monoisotopic (exact) mass is 512 g/mol. The van der Waals surface area contributed by atoms with Gasteiger partial charge in [-0.25, -0.2) is 9.48 Å². The summed E-state index contributed by atoms with van der Waals surface area (Å²) in [5.41, 5.74) is 2.34. The highest BCUT2D eigenvalue weighted by Gasteiger charge is 2.28. The highest BCUT2D eigenvalue weighted by Crippen LogP contribution is 2.36. The zero-order chi connectivity index (χ0) is 25.7. The molecule has 0 saturated carbocycles. The maximum atomic E-state index is 13.2. The molecule has 1 aliphatic rings. The van der Waals surface area contributed by atoms with Crippen LogP contribution in [0.3, 0.4) is 0 Å². The molecule has 1 aromatic heterocycles. The molecule has 8 nitrogen and oxygen atoms in total. The van der Waals surface area contributed by atoms with E-state index < -0.39 is 0 Å². The number of amides is 2. The van der Waals surface area contributed by atoms with Gasteiger partial charge in [0.1, 0.15) is 0 Å². The molecule has 1 aliphatic heterocycles. The van der Waals surface area contributed by atoms with Crippen molar-refractivity contribution in [3.8, 4) is 23.1 Å². The lowest BCUT2D eigenvalue weighted by atomic mass is 10.2. The first kappa shape index (κ1) is 25.9. The van der Waals surface area contributed by atoms with Gasteiger partial charge in [0.05, 0.1) is 36.7 Å². The Labute approximate surface area is 217 Å². The molecule has 2 aromatic carbocycles. The number of ether oxygens (including phenoxy) is 3. The van der Waals surface area contributed by atoms with Crippen molar-refractivity contribution in [2.45, 2.75) is 52.3 Å². The van der Waals surface area contributed by atoms with Crippen LogP contribution in [0.4, 0.5) is 4.79 Å². The number of rotatable bonds is 9. The molecular weight excluding hydrogens is 480 g/mol. The second-order valence-corrected chi connectivity index (χ2v) is 9.57. The van der Waals surface area contributed by atoms with E-state index in [2.05, 4.69) is 5.32 Å². The van der Waals surface area contributed by atoms with E-state index in [1.54, 1.807) is 28.8 Å². The number of aryl methyl sites for hydroxylation is 1. The molecule has 2 heterocycles. The third kappa shape index (κ3) is 6.12. The van der Waals surface area contributed by atoms with Gasteiger partial charge in [-0.2, -0.15) is 5.10 Å². The molecule has 0 aliphatic carbocycles. The van der Waals surface area contributed by atoms with E-state index in [-0.39, 0.29) is 18.2 Å². The van der Waals surface area contributed by atoms with Gasteiger partial charge in [0.2, 0.25) is 5.88 Å². The first-order valence-electron chi connectivity index (χ1n) is 12.2. The summed E-state index contributed by atoms with van der Waals surface area (Å²) in [4.78, 5) is 15.0. The second kappa shape index (κ2) is 11.7. The van der Waals surface area contributed by atoms with Gasteiger partial charge in [0.15, 0.2) is 11.5 Å². The van der Waals surface area contributed by atoms with Crippen molar-refractivity contribution >= 4 is 17.6 Å². The smallest absolute Gasteiger partial charge is 0.317 e. The minimum atomic E-state index is -0.151. The van der Waals surface area contributed by atoms with E-state index in [1.807, 2.05) is 57.2 Å². The lowest BCUT2D eigenvalue weighted by molar-refractivity contribution is 0.0789. The molecule has 0 spiro atoms. The predicted octanol–water partition coefficient (Wildman–Crippen LogP) is 5.73. The second-order valence-electron chi connectivity index (χ2n) is 9.13. The summed E-state index contributed by atoms with van der Waals surface area (Å²) < 4.78 is 19.5. The fourth-order valence-electron chi connectivity index (χ4n) is 4.17. The number of hydrogen-bond donors (Lipinski definition) is 1. The first-order chi connectivity index (χ1) is 17.4. The fourth-order valence-corrected chi connectivity index (χ4v) is 4.30. The highest BCUT2D eigenvalue weighted by atomic mass is 35.5. The van der Waals surface area contributed by atoms with Gasteiger partial charge in [0, 0.05) is 24.2 Å². The summed E-state index contributed by atoms with van der Waals surface area (Å²) in [5.74, 6) is 1.65. The van der Waals surface area contributed by atoms with E-state index in [9.17, 15) is 4.79 Å². The number of nitrogens with one attached hydrogen (secondary N) is 1. The Hall–Kier alpha value is -3.23. The number of para-hydroxylation sites is 2. The molecular formula is C27H33ClN4O4. The minimum Gasteiger partial charge on any atom is -0.493 e. The Morgan fingerprint density at radius 2 is 1.94 bits per heavy atom. The third-order valence-electron chi connectivity index (χ3n) is 5.98. The number of hydrogen-bond acceptors (Lipinski definition) is 5. The van der Waals surface area contributed by atoms with Gasteiger partial charge in [-0.3, -0.25) is 0 Å². The number of carbonyl (C=O) groups excluding carboxylic acids is 1. The van der Waals surface area contributed by atoms with Crippen LogP contribution < -0.4 is 14.8 Å². The van der Waals surface area contributed by atoms with Crippen LogP contribution in [0.1, 0.15) is 37.9 Å². The van der Waals surface area contributed by atoms with Gasteiger partial charge >= 0.3 is 6.03 Å². The number of benzene rings is 2. The Morgan fingerprint density at radius 3 is 2.58 bits per heavy atom. The molecule has 0 radical (unpaired) electrons. The van der Waals surface area contributed by atoms with Crippen LogP contribution in [0.2, 0.25) is 5.02 Å². The molecule has 2 amide bonds. The highest BCUT2D eigenvalue weighted by molar-refractivity contribution is 6.30. The summed E-state index contributed by atoms with van der Waals surface area (Å²) in [7, 11) is 1.60. The van der Waals surface area contributed by atoms with E-state index in [0.29, 0.717) is 35.5 Å². The van der Waals surface area contributed by atoms with E-state index in [4.69, 9.17) is 30.9 Å². The molecule has 1 atom stereocenters. The van der Waals surface area contributed by atoms with E-state index >= 15 is 0 Å². The number of carbonyl (C=O) groups is 1. The van der Waals surface area contributed by atoms with Crippen molar-refractivity contribution in [1.29, 1.82) is 0 Å². The molecule has 0 unspecified atom stereocenters. The zero-order valence-corrected chi connectivity index (χ0v) is 21.9. The van der Waals surface area contributed by atoms with Gasteiger partial charge in [-0.15, -0.1) is 0 Å². The van der Waals surface area contributed by atoms with Crippen molar-refractivity contribution in [2.75, 3.05) is 20.3 Å². The molecule has 1 N–H and O–H groups in total. The fraction of sp³-hybridized carbons (Fsp3) is 0.407. The van der Waals surface area contributed by atoms with Crippen molar-refractivity contribution in [3.05, 3.63) is 64.8 Å². The zero-order valence-electron chi connectivity index (χ0n) is 21.2. The summed E-state index contributed by atoms with van der Waals surface area (Å²) in [6.07, 6.45) is 1.94. The largest absolute Gasteiger partial charge is 0.493 e. The summed E-state index contributed by atoms with van der Waals surface area (Å²) in [5, 5.41) is 8.43. The van der Waals surface area contributed by atoms with Gasteiger partial charge in [-0.1, -0.05) is 23.7 Å². The number of halogens is 1. The quantitative estimate of drug-likeness (QED) is 0.396. The average molecular weight is 513 g/mol. The van der Waals surface area contributed by atoms with Crippen LogP contribution in [0.25, 0.3) is 5.69 Å². The van der Waals surface area contributed by atoms with Crippen molar-refractivity contribution in [1.82, 2.24) is 20.0 Å². The Kier molecular flexibility index (Phi) is 8.38. The molecule has 1 fully saturated rings. The van der Waals surface area contributed by atoms with Crippen LogP contribution in [0.5, 0.6) is 17.4 Å². The van der Waals surface area contributed by atoms with Crippen LogP contribution in [-0.2, 0) is 11.3 Å². The van der Waals surface area contributed by atoms with Gasteiger partial charge in [0.25, 0.3) is 0 Å². The van der Waals surface area contributed by atoms with Crippen molar-refractivity contribution < 1.29 is 19.0 Å². The SMILES string of the molecule is COc1ccccc1Oc1c(CN(C[C@@H]2CCCO2)C(=O)NC(C)C)c(C)nn1-c1ccc(Cl)cc1. The first-order valence-corrected chi connectivity index (χ1v) is 12.6. The lowest BCUT2D eigenvalue weighted by Crippen LogP contribution is -2.45. The minimum absolute atomic E-state index is 0.00619. The number of methoxy groups -OCH3 is 1. The van der Waals surface area contributed by atoms with Crippen molar-refractivity contribution in [3.63, 3.8) is 0 Å². The van der Waals surface area contributed by atoms with Crippen LogP contribution in [0, 0.1) is 6.92 Å². The molecule has 0 bridgehead atoms. The molecule has 4 rings (SSSR count). The standard InChI is InChI=1S/C27H33ClN4O4/c1-18(2)29-27(33)31(16-22-8-7-15-35-22)17-23-19(3)30-32(21-13-11-20(28)12-14-21)26(23)36-25-10-6-5-9-24(25)34-4/h5-6,9-14,18,22H,7-8,15-17H2,1-4H3,(H,29,33)/t22-/m0/s1. The number of urea groups is 1. The lowest BCUT2D eigenvalue weighted by Gasteiger charge is -2.27. The Bertz CT molecular complexity index is 1170. The maximum absolute atomic E-state index is 13.2. The molecule has 3 aromatic rings. The van der Waals surface area contributed by atoms with Crippen molar-refractivity contribution in [2.24, 2.45) is 0 Å². The Balaban J connectivity index is 1.75. The Morgan fingerprint density at radius 1 is 1.22 bits per heavy atom. The predicted molar refractivity (Wildman–Crippen MR) is 139 cm³/mol. The molecule has 9 heteroatoms. The normalized spacial score (nSPS) is 15.2. The van der Waals surface area contributed by atoms with Crippen LogP contribution in [-0.4, -0.2) is 53.1 Å². The summed E-state index contributed by atoms with van der Waals surface area (Å²) >= 11 is 6.13. The van der Waals surface area contributed by atoms with Crippen LogP contribution >= 0.6 is 11.6 Å². The van der Waals surface area contributed by atoms with Gasteiger partial charge in [-0.05, 0) is 70.0 Å². The molecule has 1 saturated heterocycles. The molecule has 36 heavy (non-hydrogen) atoms. The van der Waals surface area contributed by atoms with E-state index in [1.165, 1.54) is 0 Å². The summed E-state index contributed by atoms with van der Waals surface area (Å²) in [6, 6.07) is 14.7. The number of aromatic nitrogens is 2. The molecule has 192 valence electrons. The number of nitrogens with zero attached hydrogens (tertiary/aromatic N) is 3. The topological polar surface area (TPSA) is 77.8 Å².